The number of aromatic nitrogens is 6. The van der Waals surface area contributed by atoms with E-state index in [0.717, 1.165) is 36.1 Å². The average molecular weight is 340 g/mol. The highest BCUT2D eigenvalue weighted by atomic mass is 16.2. The molecule has 0 spiro atoms. The summed E-state index contributed by atoms with van der Waals surface area (Å²) in [7, 11) is 1.85. The van der Waals surface area contributed by atoms with Crippen molar-refractivity contribution in [3.63, 3.8) is 0 Å². The molecule has 9 nitrogen and oxygen atoms in total. The van der Waals surface area contributed by atoms with Gasteiger partial charge in [0, 0.05) is 39.4 Å². The molecule has 0 saturated carbocycles. The molecule has 130 valence electrons. The Labute approximate surface area is 144 Å². The van der Waals surface area contributed by atoms with Crippen LogP contribution in [-0.4, -0.2) is 66.3 Å². The van der Waals surface area contributed by atoms with Crippen LogP contribution in [0.4, 0.5) is 5.82 Å². The van der Waals surface area contributed by atoms with E-state index < -0.39 is 0 Å². The first-order valence-corrected chi connectivity index (χ1v) is 8.29. The highest BCUT2D eigenvalue weighted by Gasteiger charge is 2.23. The number of anilines is 1. The fraction of sp³-hybridized carbons (Fsp3) is 0.438. The van der Waals surface area contributed by atoms with Gasteiger partial charge in [0.05, 0.1) is 24.5 Å². The molecular weight excluding hydrogens is 320 g/mol. The van der Waals surface area contributed by atoms with Crippen molar-refractivity contribution in [2.45, 2.75) is 13.3 Å². The van der Waals surface area contributed by atoms with E-state index in [1.807, 2.05) is 35.6 Å². The van der Waals surface area contributed by atoms with Gasteiger partial charge in [-0.1, -0.05) is 0 Å². The molecule has 1 saturated heterocycles. The van der Waals surface area contributed by atoms with E-state index in [2.05, 4.69) is 25.1 Å². The van der Waals surface area contributed by atoms with Crippen molar-refractivity contribution in [2.75, 3.05) is 31.1 Å². The van der Waals surface area contributed by atoms with Crippen LogP contribution in [-0.2, 0) is 18.3 Å². The Morgan fingerprint density at radius 2 is 1.96 bits per heavy atom. The van der Waals surface area contributed by atoms with Gasteiger partial charge < -0.3 is 9.80 Å². The van der Waals surface area contributed by atoms with Gasteiger partial charge in [-0.05, 0) is 13.0 Å². The summed E-state index contributed by atoms with van der Waals surface area (Å²) >= 11 is 0. The number of hydrogen-bond donors (Lipinski definition) is 0. The van der Waals surface area contributed by atoms with Gasteiger partial charge in [0.1, 0.15) is 5.82 Å². The smallest absolute Gasteiger partial charge is 0.228 e. The Balaban J connectivity index is 1.43. The van der Waals surface area contributed by atoms with Crippen molar-refractivity contribution < 1.29 is 4.79 Å². The fourth-order valence-electron chi connectivity index (χ4n) is 3.13. The zero-order valence-corrected chi connectivity index (χ0v) is 14.3. The summed E-state index contributed by atoms with van der Waals surface area (Å²) < 4.78 is 3.53. The van der Waals surface area contributed by atoms with Crippen LogP contribution in [0.15, 0.2) is 24.7 Å². The number of fused-ring (bicyclic) bond motifs is 1. The van der Waals surface area contributed by atoms with Gasteiger partial charge in [-0.2, -0.15) is 9.61 Å². The fourth-order valence-corrected chi connectivity index (χ4v) is 3.13. The van der Waals surface area contributed by atoms with E-state index in [-0.39, 0.29) is 5.91 Å². The van der Waals surface area contributed by atoms with Crippen molar-refractivity contribution in [3.8, 4) is 0 Å². The highest BCUT2D eigenvalue weighted by Crippen LogP contribution is 2.17. The maximum absolute atomic E-state index is 12.5. The molecule has 4 rings (SSSR count). The van der Waals surface area contributed by atoms with Gasteiger partial charge in [-0.3, -0.25) is 14.5 Å². The minimum absolute atomic E-state index is 0.117. The molecule has 25 heavy (non-hydrogen) atoms. The lowest BCUT2D eigenvalue weighted by Crippen LogP contribution is -2.49. The molecule has 9 heteroatoms. The molecule has 0 aliphatic carbocycles. The third-order valence-corrected chi connectivity index (χ3v) is 4.39. The van der Waals surface area contributed by atoms with Gasteiger partial charge in [-0.15, -0.1) is 5.10 Å². The van der Waals surface area contributed by atoms with Crippen molar-refractivity contribution in [1.29, 1.82) is 0 Å². The van der Waals surface area contributed by atoms with E-state index in [1.165, 1.54) is 0 Å². The average Bonchev–Trinajstić information content (AvgIpc) is 3.19. The van der Waals surface area contributed by atoms with Crippen LogP contribution < -0.4 is 4.90 Å². The minimum Gasteiger partial charge on any atom is -0.352 e. The molecule has 1 fully saturated rings. The third-order valence-electron chi connectivity index (χ3n) is 4.39. The molecule has 0 unspecified atom stereocenters. The van der Waals surface area contributed by atoms with Gasteiger partial charge >= 0.3 is 0 Å². The Morgan fingerprint density at radius 3 is 2.68 bits per heavy atom. The summed E-state index contributed by atoms with van der Waals surface area (Å²) in [5, 5.41) is 8.71. The first-order chi connectivity index (χ1) is 12.1. The van der Waals surface area contributed by atoms with Crippen molar-refractivity contribution in [3.05, 3.63) is 36.2 Å². The largest absolute Gasteiger partial charge is 0.352 e. The second kappa shape index (κ2) is 6.15. The number of nitrogens with zero attached hydrogens (tertiary/aromatic N) is 8. The summed E-state index contributed by atoms with van der Waals surface area (Å²) in [5.74, 6) is 1.75. The van der Waals surface area contributed by atoms with E-state index in [1.54, 1.807) is 17.1 Å². The topological polar surface area (TPSA) is 84.5 Å². The number of rotatable bonds is 3. The molecule has 0 aromatic carbocycles. The predicted octanol–water partition coefficient (Wildman–Crippen LogP) is 0.0575. The Kier molecular flexibility index (Phi) is 3.83. The predicted molar refractivity (Wildman–Crippen MR) is 91.2 cm³/mol. The zero-order chi connectivity index (χ0) is 17.4. The maximum atomic E-state index is 12.5. The van der Waals surface area contributed by atoms with Crippen LogP contribution in [0, 0.1) is 6.92 Å². The van der Waals surface area contributed by atoms with Crippen LogP contribution in [0.3, 0.4) is 0 Å². The SMILES string of the molecule is Cc1nc2cncc(N3CCN(C(=O)Cc4ccn(C)n4)CC3)n2n1. The summed E-state index contributed by atoms with van der Waals surface area (Å²) in [6, 6.07) is 1.88. The van der Waals surface area contributed by atoms with Crippen LogP contribution in [0.2, 0.25) is 0 Å². The number of aryl methyl sites for hydroxylation is 2. The minimum atomic E-state index is 0.117. The van der Waals surface area contributed by atoms with Crippen LogP contribution in [0.5, 0.6) is 0 Å². The third kappa shape index (κ3) is 3.04. The van der Waals surface area contributed by atoms with E-state index >= 15 is 0 Å². The maximum Gasteiger partial charge on any atom is 0.228 e. The molecule has 0 radical (unpaired) electrons. The first kappa shape index (κ1) is 15.6. The molecule has 1 aliphatic heterocycles. The van der Waals surface area contributed by atoms with Crippen LogP contribution in [0.25, 0.3) is 5.65 Å². The van der Waals surface area contributed by atoms with Crippen molar-refractivity contribution in [2.24, 2.45) is 7.05 Å². The monoisotopic (exact) mass is 340 g/mol. The number of piperazine rings is 1. The van der Waals surface area contributed by atoms with Gasteiger partial charge in [-0.25, -0.2) is 4.98 Å². The molecule has 3 aromatic heterocycles. The first-order valence-electron chi connectivity index (χ1n) is 8.29. The Bertz CT molecular complexity index is 906. The number of amides is 1. The van der Waals surface area contributed by atoms with Gasteiger partial charge in [0.25, 0.3) is 0 Å². The van der Waals surface area contributed by atoms with E-state index in [9.17, 15) is 4.79 Å². The number of hydrogen-bond acceptors (Lipinski definition) is 6. The Hall–Kier alpha value is -2.97. The molecule has 1 amide bonds. The lowest BCUT2D eigenvalue weighted by atomic mass is 10.2. The van der Waals surface area contributed by atoms with Crippen molar-refractivity contribution in [1.82, 2.24) is 34.3 Å². The molecule has 4 heterocycles. The summed E-state index contributed by atoms with van der Waals surface area (Å²) in [4.78, 5) is 25.1. The second-order valence-corrected chi connectivity index (χ2v) is 6.22. The van der Waals surface area contributed by atoms with E-state index in [4.69, 9.17) is 0 Å². The molecule has 0 N–H and O–H groups in total. The lowest BCUT2D eigenvalue weighted by Gasteiger charge is -2.35. The second-order valence-electron chi connectivity index (χ2n) is 6.22. The molecule has 0 atom stereocenters. The molecular formula is C16H20N8O. The molecule has 3 aromatic rings. The van der Waals surface area contributed by atoms with Crippen LogP contribution >= 0.6 is 0 Å². The van der Waals surface area contributed by atoms with Gasteiger partial charge in [0.15, 0.2) is 11.5 Å². The summed E-state index contributed by atoms with van der Waals surface area (Å²) in [6.07, 6.45) is 5.71. The lowest BCUT2D eigenvalue weighted by molar-refractivity contribution is -0.130. The number of carbonyl (C=O) groups is 1. The molecule has 1 aliphatic rings. The molecule has 0 bridgehead atoms. The van der Waals surface area contributed by atoms with Crippen molar-refractivity contribution >= 4 is 17.4 Å². The summed E-state index contributed by atoms with van der Waals surface area (Å²) in [6.45, 7) is 4.71. The summed E-state index contributed by atoms with van der Waals surface area (Å²) in [5.41, 5.74) is 1.55. The number of carbonyl (C=O) groups excluding carboxylic acids is 1. The standard InChI is InChI=1S/C16H20N8O/c1-12-18-14-10-17-11-15(24(14)19-12)22-5-7-23(8-6-22)16(25)9-13-3-4-21(2)20-13/h3-4,10-11H,5-9H2,1-2H3. The normalized spacial score (nSPS) is 15.1. The highest BCUT2D eigenvalue weighted by molar-refractivity contribution is 5.78. The van der Waals surface area contributed by atoms with Crippen LogP contribution in [0.1, 0.15) is 11.5 Å². The zero-order valence-electron chi connectivity index (χ0n) is 14.3. The van der Waals surface area contributed by atoms with Gasteiger partial charge in [0.2, 0.25) is 5.91 Å². The quantitative estimate of drug-likeness (QED) is 0.670. The van der Waals surface area contributed by atoms with E-state index in [0.29, 0.717) is 19.5 Å². The Morgan fingerprint density at radius 1 is 1.16 bits per heavy atom.